The van der Waals surface area contributed by atoms with Crippen LogP contribution in [0.1, 0.15) is 0 Å². The van der Waals surface area contributed by atoms with E-state index in [0.29, 0.717) is 19.8 Å². The normalized spacial score (nSPS) is 21.1. The van der Waals surface area contributed by atoms with Gasteiger partial charge < -0.3 is 15.2 Å². The smallest absolute Gasteiger partial charge is 0.323 e. The molecule has 5 heteroatoms. The number of carbonyl (C=O) groups is 1. The minimum absolute atomic E-state index is 0.355. The van der Waals surface area contributed by atoms with Gasteiger partial charge in [-0.3, -0.25) is 9.69 Å². The van der Waals surface area contributed by atoms with Gasteiger partial charge in [0.25, 0.3) is 0 Å². The number of nitrogens with two attached hydrogens (primary N) is 1. The topological polar surface area (TPSA) is 64.8 Å². The molecule has 13 heavy (non-hydrogen) atoms. The average Bonchev–Trinajstić information content (AvgIpc) is 2.18. The lowest BCUT2D eigenvalue weighted by atomic mass is 10.3. The lowest BCUT2D eigenvalue weighted by molar-refractivity contribution is -0.142. The van der Waals surface area contributed by atoms with Gasteiger partial charge in [0.15, 0.2) is 0 Å². The van der Waals surface area contributed by atoms with E-state index in [-0.39, 0.29) is 5.97 Å². The molecule has 0 amide bonds. The molecule has 0 aromatic carbocycles. The minimum atomic E-state index is -0.539. The van der Waals surface area contributed by atoms with E-state index in [2.05, 4.69) is 9.64 Å². The highest BCUT2D eigenvalue weighted by molar-refractivity contribution is 5.75. The maximum absolute atomic E-state index is 11.0. The Morgan fingerprint density at radius 3 is 2.77 bits per heavy atom. The van der Waals surface area contributed by atoms with E-state index in [1.54, 1.807) is 0 Å². The molecule has 0 aliphatic carbocycles. The Labute approximate surface area is 77.8 Å². The third-order valence-electron chi connectivity index (χ3n) is 2.06. The van der Waals surface area contributed by atoms with Gasteiger partial charge in [0.05, 0.1) is 20.3 Å². The summed E-state index contributed by atoms with van der Waals surface area (Å²) in [5, 5.41) is 0. The van der Waals surface area contributed by atoms with E-state index in [4.69, 9.17) is 10.5 Å². The van der Waals surface area contributed by atoms with Gasteiger partial charge in [-0.25, -0.2) is 0 Å². The summed E-state index contributed by atoms with van der Waals surface area (Å²) >= 11 is 0. The lowest BCUT2D eigenvalue weighted by Gasteiger charge is -2.27. The largest absolute Gasteiger partial charge is 0.468 e. The molecule has 2 N–H and O–H groups in total. The second kappa shape index (κ2) is 5.16. The number of ether oxygens (including phenoxy) is 2. The number of methoxy groups -OCH3 is 1. The molecule has 5 nitrogen and oxygen atoms in total. The van der Waals surface area contributed by atoms with E-state index < -0.39 is 6.04 Å². The van der Waals surface area contributed by atoms with Crippen molar-refractivity contribution in [3.05, 3.63) is 0 Å². The van der Waals surface area contributed by atoms with Crippen LogP contribution in [-0.4, -0.2) is 56.9 Å². The average molecular weight is 188 g/mol. The predicted octanol–water partition coefficient (Wildman–Crippen LogP) is -1.18. The van der Waals surface area contributed by atoms with Crippen LogP contribution >= 0.6 is 0 Å². The number of hydrogen-bond donors (Lipinski definition) is 1. The molecule has 0 aromatic rings. The SMILES string of the molecule is COC(=O)[C@H](N)CN1CCOCC1. The van der Waals surface area contributed by atoms with Gasteiger partial charge >= 0.3 is 5.97 Å². The van der Waals surface area contributed by atoms with Crippen LogP contribution in [0.15, 0.2) is 0 Å². The van der Waals surface area contributed by atoms with E-state index in [1.807, 2.05) is 0 Å². The van der Waals surface area contributed by atoms with Crippen molar-refractivity contribution in [2.24, 2.45) is 5.73 Å². The van der Waals surface area contributed by atoms with Crippen molar-refractivity contribution < 1.29 is 14.3 Å². The zero-order valence-electron chi connectivity index (χ0n) is 7.86. The maximum Gasteiger partial charge on any atom is 0.323 e. The predicted molar refractivity (Wildman–Crippen MR) is 47.3 cm³/mol. The molecule has 1 aliphatic heterocycles. The number of esters is 1. The highest BCUT2D eigenvalue weighted by Gasteiger charge is 2.19. The standard InChI is InChI=1S/C8H16N2O3/c1-12-8(11)7(9)6-10-2-4-13-5-3-10/h7H,2-6,9H2,1H3/t7-/m1/s1. The third kappa shape index (κ3) is 3.30. The lowest BCUT2D eigenvalue weighted by Crippen LogP contribution is -2.47. The highest BCUT2D eigenvalue weighted by Crippen LogP contribution is 1.98. The Balaban J connectivity index is 2.25. The molecule has 1 aliphatic rings. The highest BCUT2D eigenvalue weighted by atomic mass is 16.5. The number of hydrogen-bond acceptors (Lipinski definition) is 5. The van der Waals surface area contributed by atoms with Gasteiger partial charge in [-0.15, -0.1) is 0 Å². The summed E-state index contributed by atoms with van der Waals surface area (Å²) in [6.45, 7) is 3.66. The number of rotatable bonds is 3. The summed E-state index contributed by atoms with van der Waals surface area (Å²) in [7, 11) is 1.35. The molecule has 1 heterocycles. The van der Waals surface area contributed by atoms with Gasteiger partial charge in [0.2, 0.25) is 0 Å². The monoisotopic (exact) mass is 188 g/mol. The van der Waals surface area contributed by atoms with Gasteiger partial charge in [-0.2, -0.15) is 0 Å². The van der Waals surface area contributed by atoms with Gasteiger partial charge in [-0.1, -0.05) is 0 Å². The van der Waals surface area contributed by atoms with E-state index in [0.717, 1.165) is 13.1 Å². The molecule has 0 bridgehead atoms. The van der Waals surface area contributed by atoms with E-state index >= 15 is 0 Å². The molecule has 0 radical (unpaired) electrons. The van der Waals surface area contributed by atoms with Crippen molar-refractivity contribution in [2.75, 3.05) is 40.0 Å². The summed E-state index contributed by atoms with van der Waals surface area (Å²) in [6.07, 6.45) is 0. The van der Waals surface area contributed by atoms with Crippen molar-refractivity contribution in [2.45, 2.75) is 6.04 Å². The van der Waals surface area contributed by atoms with E-state index in [1.165, 1.54) is 7.11 Å². The Bertz CT molecular complexity index is 169. The maximum atomic E-state index is 11.0. The van der Waals surface area contributed by atoms with Crippen LogP contribution in [0.3, 0.4) is 0 Å². The molecule has 76 valence electrons. The van der Waals surface area contributed by atoms with Crippen LogP contribution in [0.2, 0.25) is 0 Å². The fourth-order valence-electron chi connectivity index (χ4n) is 1.29. The molecule has 0 saturated carbocycles. The van der Waals surface area contributed by atoms with Crippen LogP contribution in [0.4, 0.5) is 0 Å². The molecule has 0 spiro atoms. The van der Waals surface area contributed by atoms with Crippen LogP contribution in [-0.2, 0) is 14.3 Å². The Hall–Kier alpha value is -0.650. The molecule has 1 atom stereocenters. The molecule has 0 aromatic heterocycles. The van der Waals surface area contributed by atoms with Crippen LogP contribution in [0, 0.1) is 0 Å². The number of morpholine rings is 1. The number of carbonyl (C=O) groups excluding carboxylic acids is 1. The van der Waals surface area contributed by atoms with Gasteiger partial charge in [0, 0.05) is 19.6 Å². The third-order valence-corrected chi connectivity index (χ3v) is 2.06. The summed E-state index contributed by atoms with van der Waals surface area (Å²) < 4.78 is 9.70. The molecule has 0 unspecified atom stereocenters. The zero-order chi connectivity index (χ0) is 9.68. The van der Waals surface area contributed by atoms with Crippen molar-refractivity contribution in [3.8, 4) is 0 Å². The second-order valence-electron chi connectivity index (χ2n) is 3.04. The summed E-state index contributed by atoms with van der Waals surface area (Å²) in [4.78, 5) is 13.1. The van der Waals surface area contributed by atoms with Crippen molar-refractivity contribution in [1.82, 2.24) is 4.90 Å². The molecule has 1 fully saturated rings. The second-order valence-corrected chi connectivity index (χ2v) is 3.04. The molecule has 1 saturated heterocycles. The first kappa shape index (κ1) is 10.4. The van der Waals surface area contributed by atoms with Gasteiger partial charge in [-0.05, 0) is 0 Å². The summed E-state index contributed by atoms with van der Waals surface area (Å²) in [6, 6.07) is -0.539. The molecular weight excluding hydrogens is 172 g/mol. The minimum Gasteiger partial charge on any atom is -0.468 e. The first-order valence-electron chi connectivity index (χ1n) is 4.37. The molecule has 1 rings (SSSR count). The van der Waals surface area contributed by atoms with Crippen molar-refractivity contribution in [1.29, 1.82) is 0 Å². The Morgan fingerprint density at radius 1 is 1.62 bits per heavy atom. The first-order chi connectivity index (χ1) is 6.24. The van der Waals surface area contributed by atoms with Gasteiger partial charge in [0.1, 0.15) is 6.04 Å². The van der Waals surface area contributed by atoms with Crippen molar-refractivity contribution in [3.63, 3.8) is 0 Å². The fraction of sp³-hybridized carbons (Fsp3) is 0.875. The Kier molecular flexibility index (Phi) is 4.14. The first-order valence-corrected chi connectivity index (χ1v) is 4.37. The Morgan fingerprint density at radius 2 is 2.23 bits per heavy atom. The van der Waals surface area contributed by atoms with Crippen LogP contribution in [0.5, 0.6) is 0 Å². The van der Waals surface area contributed by atoms with Crippen LogP contribution < -0.4 is 5.73 Å². The summed E-state index contributed by atoms with van der Waals surface area (Å²) in [5.41, 5.74) is 5.60. The van der Waals surface area contributed by atoms with Crippen molar-refractivity contribution >= 4 is 5.97 Å². The number of nitrogens with zero attached hydrogens (tertiary/aromatic N) is 1. The van der Waals surface area contributed by atoms with Crippen LogP contribution in [0.25, 0.3) is 0 Å². The fourth-order valence-corrected chi connectivity index (χ4v) is 1.29. The quantitative estimate of drug-likeness (QED) is 0.565. The molecular formula is C8H16N2O3. The summed E-state index contributed by atoms with van der Waals surface area (Å²) in [5.74, 6) is -0.355. The van der Waals surface area contributed by atoms with E-state index in [9.17, 15) is 4.79 Å². The zero-order valence-corrected chi connectivity index (χ0v) is 7.86.